The Morgan fingerprint density at radius 3 is 2.66 bits per heavy atom. The van der Waals surface area contributed by atoms with Gasteiger partial charge in [-0.25, -0.2) is 0 Å². The van der Waals surface area contributed by atoms with Crippen LogP contribution in [0, 0.1) is 13.8 Å². The van der Waals surface area contributed by atoms with E-state index in [1.807, 2.05) is 62.4 Å². The number of pyridine rings is 2. The average Bonchev–Trinajstić information content (AvgIpc) is 2.74. The summed E-state index contributed by atoms with van der Waals surface area (Å²) in [6.45, 7) is 4.11. The van der Waals surface area contributed by atoms with Gasteiger partial charge in [-0.1, -0.05) is 30.3 Å². The second-order valence-electron chi connectivity index (χ2n) is 7.13. The third kappa shape index (κ3) is 3.80. The summed E-state index contributed by atoms with van der Waals surface area (Å²) >= 11 is 0. The molecule has 2 heterocycles. The van der Waals surface area contributed by atoms with Crippen molar-refractivity contribution in [3.8, 4) is 0 Å². The zero-order valence-electron chi connectivity index (χ0n) is 16.3. The van der Waals surface area contributed by atoms with Gasteiger partial charge in [0.25, 0.3) is 11.5 Å². The lowest BCUT2D eigenvalue weighted by Gasteiger charge is -2.25. The van der Waals surface area contributed by atoms with E-state index in [9.17, 15) is 9.59 Å². The Kier molecular flexibility index (Phi) is 4.96. The molecule has 144 valence electrons. The van der Waals surface area contributed by atoms with Gasteiger partial charge in [0.1, 0.15) is 0 Å². The Morgan fingerprint density at radius 2 is 1.86 bits per heavy atom. The molecule has 4 rings (SSSR count). The number of aromatic amines is 1. The van der Waals surface area contributed by atoms with Crippen LogP contribution in [0.15, 0.2) is 77.9 Å². The van der Waals surface area contributed by atoms with Crippen LogP contribution in [0.1, 0.15) is 27.0 Å². The van der Waals surface area contributed by atoms with Crippen molar-refractivity contribution in [2.45, 2.75) is 20.4 Å². The smallest absolute Gasteiger partial charge is 0.260 e. The third-order valence-corrected chi connectivity index (χ3v) is 4.97. The van der Waals surface area contributed by atoms with E-state index < -0.39 is 0 Å². The summed E-state index contributed by atoms with van der Waals surface area (Å²) in [4.78, 5) is 34.7. The number of H-pyrrole nitrogens is 1. The minimum absolute atomic E-state index is 0.165. The molecule has 0 saturated heterocycles. The van der Waals surface area contributed by atoms with E-state index in [2.05, 4.69) is 9.97 Å². The largest absolute Gasteiger partial charge is 0.322 e. The van der Waals surface area contributed by atoms with Crippen molar-refractivity contribution in [3.63, 3.8) is 0 Å². The number of carbonyl (C=O) groups excluding carboxylic acids is 1. The Hall–Kier alpha value is -3.73. The number of rotatable bonds is 4. The molecule has 5 heteroatoms. The molecule has 0 saturated carbocycles. The van der Waals surface area contributed by atoms with Crippen LogP contribution < -0.4 is 10.5 Å². The molecule has 0 unspecified atom stereocenters. The second-order valence-corrected chi connectivity index (χ2v) is 7.13. The van der Waals surface area contributed by atoms with Crippen LogP contribution in [0.4, 0.5) is 5.69 Å². The number of carbonyl (C=O) groups is 1. The zero-order valence-corrected chi connectivity index (χ0v) is 16.3. The Bertz CT molecular complexity index is 1250. The van der Waals surface area contributed by atoms with Crippen molar-refractivity contribution in [2.24, 2.45) is 0 Å². The van der Waals surface area contributed by atoms with Crippen molar-refractivity contribution in [2.75, 3.05) is 4.90 Å². The third-order valence-electron chi connectivity index (χ3n) is 4.97. The van der Waals surface area contributed by atoms with Gasteiger partial charge in [-0.15, -0.1) is 0 Å². The van der Waals surface area contributed by atoms with E-state index in [0.717, 1.165) is 27.7 Å². The molecule has 5 nitrogen and oxygen atoms in total. The number of para-hydroxylation sites is 1. The Morgan fingerprint density at radius 1 is 1.03 bits per heavy atom. The molecule has 2 aromatic carbocycles. The van der Waals surface area contributed by atoms with Crippen molar-refractivity contribution in [1.29, 1.82) is 0 Å². The fourth-order valence-electron chi connectivity index (χ4n) is 3.40. The van der Waals surface area contributed by atoms with Crippen molar-refractivity contribution in [3.05, 3.63) is 106 Å². The van der Waals surface area contributed by atoms with E-state index >= 15 is 0 Å². The normalized spacial score (nSPS) is 10.8. The lowest BCUT2D eigenvalue weighted by atomic mass is 10.1. The molecular weight excluding hydrogens is 362 g/mol. The van der Waals surface area contributed by atoms with Gasteiger partial charge in [-0.05, 0) is 60.7 Å². The van der Waals surface area contributed by atoms with Gasteiger partial charge in [0.05, 0.1) is 12.1 Å². The molecule has 29 heavy (non-hydrogen) atoms. The molecule has 0 bridgehead atoms. The number of nitrogens with one attached hydrogen (secondary N) is 1. The van der Waals surface area contributed by atoms with Gasteiger partial charge < -0.3 is 9.88 Å². The van der Waals surface area contributed by atoms with Gasteiger partial charge in [-0.2, -0.15) is 0 Å². The maximum Gasteiger partial charge on any atom is 0.260 e. The number of anilines is 1. The molecule has 0 aliphatic heterocycles. The Balaban J connectivity index is 1.83. The quantitative estimate of drug-likeness (QED) is 0.568. The van der Waals surface area contributed by atoms with E-state index in [-0.39, 0.29) is 18.0 Å². The summed E-state index contributed by atoms with van der Waals surface area (Å²) < 4.78 is 0. The first-order valence-corrected chi connectivity index (χ1v) is 9.43. The summed E-state index contributed by atoms with van der Waals surface area (Å²) in [7, 11) is 0. The van der Waals surface area contributed by atoms with Crippen LogP contribution in [0.3, 0.4) is 0 Å². The maximum atomic E-state index is 13.4. The number of fused-ring (bicyclic) bond motifs is 1. The predicted octanol–water partition coefficient (Wildman–Crippen LogP) is 4.39. The monoisotopic (exact) mass is 383 g/mol. The number of hydrogen-bond donors (Lipinski definition) is 1. The highest BCUT2D eigenvalue weighted by molar-refractivity contribution is 6.06. The summed E-state index contributed by atoms with van der Waals surface area (Å²) in [5.41, 5.74) is 4.38. The van der Waals surface area contributed by atoms with E-state index in [1.165, 1.54) is 0 Å². The fourth-order valence-corrected chi connectivity index (χ4v) is 3.40. The van der Waals surface area contributed by atoms with Gasteiger partial charge in [-0.3, -0.25) is 14.6 Å². The van der Waals surface area contributed by atoms with Gasteiger partial charge in [0.15, 0.2) is 0 Å². The summed E-state index contributed by atoms with van der Waals surface area (Å²) in [6.07, 6.45) is 3.18. The molecule has 0 spiro atoms. The second kappa shape index (κ2) is 7.72. The van der Waals surface area contributed by atoms with Crippen LogP contribution in [0.2, 0.25) is 0 Å². The Labute approximate surface area is 168 Å². The number of benzene rings is 2. The molecule has 0 fully saturated rings. The highest BCUT2D eigenvalue weighted by atomic mass is 16.2. The van der Waals surface area contributed by atoms with Gasteiger partial charge in [0.2, 0.25) is 0 Å². The molecule has 1 N–H and O–H groups in total. The number of nitrogens with zero attached hydrogens (tertiary/aromatic N) is 2. The molecular formula is C24H21N3O2. The highest BCUT2D eigenvalue weighted by Gasteiger charge is 2.21. The molecule has 2 aromatic heterocycles. The molecule has 4 aromatic rings. The minimum atomic E-state index is -0.196. The molecule has 0 aliphatic carbocycles. The highest BCUT2D eigenvalue weighted by Crippen LogP contribution is 2.25. The average molecular weight is 383 g/mol. The first kappa shape index (κ1) is 18.6. The lowest BCUT2D eigenvalue weighted by molar-refractivity contribution is 0.0984. The zero-order chi connectivity index (χ0) is 20.4. The van der Waals surface area contributed by atoms with E-state index in [1.54, 1.807) is 29.4 Å². The molecule has 0 atom stereocenters. The van der Waals surface area contributed by atoms with Gasteiger partial charge in [0, 0.05) is 29.2 Å². The van der Waals surface area contributed by atoms with E-state index in [4.69, 9.17) is 0 Å². The van der Waals surface area contributed by atoms with Crippen molar-refractivity contribution >= 4 is 22.5 Å². The van der Waals surface area contributed by atoms with Gasteiger partial charge >= 0.3 is 0 Å². The molecule has 0 aliphatic rings. The standard InChI is InChI=1S/C24H21N3O2/c1-16-9-10-17(2)22(12-16)27(24(29)19-7-5-11-25-14-19)15-20-13-18-6-3-4-8-21(18)26-23(20)28/h3-14H,15H2,1-2H3,(H,26,28). The SMILES string of the molecule is Cc1ccc(C)c(N(Cc2cc3ccccc3[nH]c2=O)C(=O)c2cccnc2)c1. The summed E-state index contributed by atoms with van der Waals surface area (Å²) in [5, 5.41) is 0.928. The van der Waals surface area contributed by atoms with Crippen LogP contribution in [0.5, 0.6) is 0 Å². The summed E-state index contributed by atoms with van der Waals surface area (Å²) in [5.74, 6) is -0.195. The topological polar surface area (TPSA) is 66.1 Å². The lowest BCUT2D eigenvalue weighted by Crippen LogP contribution is -2.33. The minimum Gasteiger partial charge on any atom is -0.322 e. The first-order chi connectivity index (χ1) is 14.0. The molecule has 1 amide bonds. The van der Waals surface area contributed by atoms with Crippen molar-refractivity contribution in [1.82, 2.24) is 9.97 Å². The van der Waals surface area contributed by atoms with E-state index in [0.29, 0.717) is 11.1 Å². The van der Waals surface area contributed by atoms with Crippen molar-refractivity contribution < 1.29 is 4.79 Å². The van der Waals surface area contributed by atoms with Crippen LogP contribution >= 0.6 is 0 Å². The van der Waals surface area contributed by atoms with Crippen LogP contribution in [0.25, 0.3) is 10.9 Å². The predicted molar refractivity (Wildman–Crippen MR) is 115 cm³/mol. The number of hydrogen-bond acceptors (Lipinski definition) is 3. The fraction of sp³-hybridized carbons (Fsp3) is 0.125. The number of aromatic nitrogens is 2. The summed E-state index contributed by atoms with van der Waals surface area (Å²) in [6, 6.07) is 18.9. The first-order valence-electron chi connectivity index (χ1n) is 9.43. The number of amides is 1. The van der Waals surface area contributed by atoms with Crippen LogP contribution in [-0.2, 0) is 6.54 Å². The number of aryl methyl sites for hydroxylation is 2. The molecule has 0 radical (unpaired) electrons. The maximum absolute atomic E-state index is 13.4. The van der Waals surface area contributed by atoms with Crippen LogP contribution in [-0.4, -0.2) is 15.9 Å².